The van der Waals surface area contributed by atoms with Crippen molar-refractivity contribution in [1.82, 2.24) is 4.98 Å². The highest BCUT2D eigenvalue weighted by atomic mass is 79.9. The van der Waals surface area contributed by atoms with Gasteiger partial charge in [0.2, 0.25) is 5.82 Å². The molecule has 8 heteroatoms. The highest BCUT2D eigenvalue weighted by Crippen LogP contribution is 2.32. The first-order chi connectivity index (χ1) is 9.51. The zero-order valence-electron chi connectivity index (χ0n) is 10.3. The molecule has 0 aliphatic carbocycles. The number of aromatic nitrogens is 1. The van der Waals surface area contributed by atoms with E-state index in [1.807, 2.05) is 0 Å². The van der Waals surface area contributed by atoms with E-state index in [4.69, 9.17) is 4.74 Å². The first-order valence-corrected chi connectivity index (χ1v) is 7.00. The van der Waals surface area contributed by atoms with Crippen LogP contribution in [-0.2, 0) is 0 Å². The number of benzene rings is 1. The number of nitro groups is 1. The van der Waals surface area contributed by atoms with Crippen LogP contribution in [-0.4, -0.2) is 17.0 Å². The van der Waals surface area contributed by atoms with Crippen LogP contribution < -0.4 is 10.1 Å². The van der Waals surface area contributed by atoms with Crippen LogP contribution in [0.3, 0.4) is 0 Å². The van der Waals surface area contributed by atoms with Gasteiger partial charge < -0.3 is 10.1 Å². The standard InChI is InChI=1S/C12H9Br2N3O3/c1-20-11-3-2-8(5-9(11)14)16-12-10(17(18)19)4-7(13)6-15-12/h2-6H,1H3,(H,15,16). The Labute approximate surface area is 131 Å². The molecule has 6 nitrogen and oxygen atoms in total. The summed E-state index contributed by atoms with van der Waals surface area (Å²) in [7, 11) is 1.56. The number of nitrogens with zero attached hydrogens (tertiary/aromatic N) is 2. The molecule has 0 saturated heterocycles. The van der Waals surface area contributed by atoms with Gasteiger partial charge in [-0.05, 0) is 50.1 Å². The number of halogens is 2. The monoisotopic (exact) mass is 401 g/mol. The van der Waals surface area contributed by atoms with Crippen LogP contribution in [0, 0.1) is 10.1 Å². The van der Waals surface area contributed by atoms with Crippen molar-refractivity contribution in [1.29, 1.82) is 0 Å². The molecule has 0 bridgehead atoms. The Balaban J connectivity index is 2.35. The lowest BCUT2D eigenvalue weighted by molar-refractivity contribution is -0.384. The Morgan fingerprint density at radius 3 is 2.70 bits per heavy atom. The molecule has 1 aromatic heterocycles. The van der Waals surface area contributed by atoms with Crippen LogP contribution in [0.5, 0.6) is 5.75 Å². The van der Waals surface area contributed by atoms with Crippen molar-refractivity contribution in [3.05, 3.63) is 49.5 Å². The Bertz CT molecular complexity index is 664. The third-order valence-electron chi connectivity index (χ3n) is 2.45. The van der Waals surface area contributed by atoms with Crippen LogP contribution in [0.25, 0.3) is 0 Å². The smallest absolute Gasteiger partial charge is 0.312 e. The number of anilines is 2. The number of methoxy groups -OCH3 is 1. The van der Waals surface area contributed by atoms with Crippen molar-refractivity contribution in [2.24, 2.45) is 0 Å². The molecule has 0 spiro atoms. The number of rotatable bonds is 4. The summed E-state index contributed by atoms with van der Waals surface area (Å²) in [5.41, 5.74) is 0.557. The van der Waals surface area contributed by atoms with Crippen LogP contribution in [0.15, 0.2) is 39.4 Å². The van der Waals surface area contributed by atoms with E-state index in [0.717, 1.165) is 4.47 Å². The van der Waals surface area contributed by atoms with Gasteiger partial charge in [0, 0.05) is 22.4 Å². The summed E-state index contributed by atoms with van der Waals surface area (Å²) in [6.45, 7) is 0. The molecular weight excluding hydrogens is 394 g/mol. The Hall–Kier alpha value is -1.67. The van der Waals surface area contributed by atoms with E-state index in [1.165, 1.54) is 12.3 Å². The molecule has 20 heavy (non-hydrogen) atoms. The SMILES string of the molecule is COc1ccc(Nc2ncc(Br)cc2[N+](=O)[O-])cc1Br. The van der Waals surface area contributed by atoms with Crippen molar-refractivity contribution in [2.45, 2.75) is 0 Å². The fourth-order valence-corrected chi connectivity index (χ4v) is 2.40. The lowest BCUT2D eigenvalue weighted by Gasteiger charge is -2.09. The second-order valence-corrected chi connectivity index (χ2v) is 5.52. The number of hydrogen-bond acceptors (Lipinski definition) is 5. The first kappa shape index (κ1) is 14.7. The van der Waals surface area contributed by atoms with Crippen molar-refractivity contribution < 1.29 is 9.66 Å². The lowest BCUT2D eigenvalue weighted by atomic mass is 10.3. The van der Waals surface area contributed by atoms with Crippen LogP contribution in [0.2, 0.25) is 0 Å². The largest absolute Gasteiger partial charge is 0.496 e. The van der Waals surface area contributed by atoms with Crippen molar-refractivity contribution in [2.75, 3.05) is 12.4 Å². The summed E-state index contributed by atoms with van der Waals surface area (Å²) in [4.78, 5) is 14.5. The molecule has 1 N–H and O–H groups in total. The molecule has 1 aromatic carbocycles. The van der Waals surface area contributed by atoms with Crippen LogP contribution in [0.1, 0.15) is 0 Å². The minimum atomic E-state index is -0.487. The third kappa shape index (κ3) is 3.26. The minimum absolute atomic E-state index is 0.105. The number of pyridine rings is 1. The molecule has 0 atom stereocenters. The second-order valence-electron chi connectivity index (χ2n) is 3.75. The number of nitrogens with one attached hydrogen (secondary N) is 1. The zero-order valence-corrected chi connectivity index (χ0v) is 13.4. The molecule has 2 aromatic rings. The molecule has 0 saturated carbocycles. The van der Waals surface area contributed by atoms with Crippen LogP contribution in [0.4, 0.5) is 17.2 Å². The molecule has 1 heterocycles. The Kier molecular flexibility index (Phi) is 4.56. The van der Waals surface area contributed by atoms with Gasteiger partial charge in [0.25, 0.3) is 0 Å². The van der Waals surface area contributed by atoms with Gasteiger partial charge in [-0.15, -0.1) is 0 Å². The van der Waals surface area contributed by atoms with Crippen molar-refractivity contribution >= 4 is 49.1 Å². The van der Waals surface area contributed by atoms with Crippen molar-refractivity contribution in [3.8, 4) is 5.75 Å². The van der Waals surface area contributed by atoms with Gasteiger partial charge in [-0.25, -0.2) is 4.98 Å². The molecule has 0 radical (unpaired) electrons. The molecular formula is C12H9Br2N3O3. The highest BCUT2D eigenvalue weighted by Gasteiger charge is 2.16. The quantitative estimate of drug-likeness (QED) is 0.610. The van der Waals surface area contributed by atoms with Gasteiger partial charge in [0.1, 0.15) is 5.75 Å². The maximum Gasteiger partial charge on any atom is 0.312 e. The summed E-state index contributed by atoms with van der Waals surface area (Å²) in [6.07, 6.45) is 1.49. The number of hydrogen-bond donors (Lipinski definition) is 1. The van der Waals surface area contributed by atoms with Gasteiger partial charge in [-0.2, -0.15) is 0 Å². The second kappa shape index (κ2) is 6.19. The van der Waals surface area contributed by atoms with E-state index in [0.29, 0.717) is 15.9 Å². The fourth-order valence-electron chi connectivity index (χ4n) is 1.54. The molecule has 104 valence electrons. The average molecular weight is 403 g/mol. The molecule has 0 aliphatic heterocycles. The van der Waals surface area contributed by atoms with E-state index in [1.54, 1.807) is 25.3 Å². The molecule has 0 unspecified atom stereocenters. The summed E-state index contributed by atoms with van der Waals surface area (Å²) >= 11 is 6.51. The van der Waals surface area contributed by atoms with E-state index >= 15 is 0 Å². The Morgan fingerprint density at radius 2 is 2.10 bits per heavy atom. The fraction of sp³-hybridized carbons (Fsp3) is 0.0833. The molecule has 0 aliphatic rings. The van der Waals surface area contributed by atoms with Crippen LogP contribution >= 0.6 is 31.9 Å². The molecule has 2 rings (SSSR count). The maximum atomic E-state index is 11.0. The predicted octanol–water partition coefficient (Wildman–Crippen LogP) is 4.27. The van der Waals surface area contributed by atoms with E-state index < -0.39 is 4.92 Å². The van der Waals surface area contributed by atoms with Crippen molar-refractivity contribution in [3.63, 3.8) is 0 Å². The summed E-state index contributed by atoms with van der Waals surface area (Å²) in [5, 5.41) is 13.9. The third-order valence-corrected chi connectivity index (χ3v) is 3.50. The number of ether oxygens (including phenoxy) is 1. The lowest BCUT2D eigenvalue weighted by Crippen LogP contribution is -1.99. The van der Waals surface area contributed by atoms with Gasteiger partial charge in [0.05, 0.1) is 16.5 Å². The normalized spacial score (nSPS) is 10.2. The summed E-state index contributed by atoms with van der Waals surface area (Å²) in [6, 6.07) is 6.65. The van der Waals surface area contributed by atoms with Gasteiger partial charge in [-0.1, -0.05) is 0 Å². The topological polar surface area (TPSA) is 77.3 Å². The zero-order chi connectivity index (χ0) is 14.7. The molecule has 0 fully saturated rings. The maximum absolute atomic E-state index is 11.0. The van der Waals surface area contributed by atoms with E-state index in [9.17, 15) is 10.1 Å². The summed E-state index contributed by atoms with van der Waals surface area (Å²) < 4.78 is 6.41. The molecule has 0 amide bonds. The first-order valence-electron chi connectivity index (χ1n) is 5.41. The predicted molar refractivity (Wildman–Crippen MR) is 82.6 cm³/mol. The average Bonchev–Trinajstić information content (AvgIpc) is 2.41. The van der Waals surface area contributed by atoms with Gasteiger partial charge in [0.15, 0.2) is 0 Å². The minimum Gasteiger partial charge on any atom is -0.496 e. The highest BCUT2D eigenvalue weighted by molar-refractivity contribution is 9.10. The Morgan fingerprint density at radius 1 is 1.35 bits per heavy atom. The van der Waals surface area contributed by atoms with E-state index in [2.05, 4.69) is 42.2 Å². The van der Waals surface area contributed by atoms with Gasteiger partial charge >= 0.3 is 5.69 Å². The van der Waals surface area contributed by atoms with Gasteiger partial charge in [-0.3, -0.25) is 10.1 Å². The van der Waals surface area contributed by atoms with E-state index in [-0.39, 0.29) is 11.5 Å². The summed E-state index contributed by atoms with van der Waals surface area (Å²) in [5.74, 6) is 0.851.